The normalized spacial score (nSPS) is 14.8. The number of hydrogen-bond donors (Lipinski definition) is 1. The number of nitrogens with zero attached hydrogens (tertiary/aromatic N) is 3. The number of thiophene rings is 1. The molecule has 1 amide bonds. The Kier molecular flexibility index (Phi) is 5.64. The lowest BCUT2D eigenvalue weighted by atomic mass is 10.2. The minimum Gasteiger partial charge on any atom is -0.337 e. The Hall–Kier alpha value is -2.77. The van der Waals surface area contributed by atoms with Gasteiger partial charge in [-0.3, -0.25) is 9.69 Å². The summed E-state index contributed by atoms with van der Waals surface area (Å²) in [5, 5.41) is 5.04. The molecule has 0 radical (unpaired) electrons. The third kappa shape index (κ3) is 4.21. The molecule has 0 atom stereocenters. The Morgan fingerprint density at radius 1 is 1.07 bits per heavy atom. The molecular weight excluding hydrogens is 375 g/mol. The van der Waals surface area contributed by atoms with Crippen molar-refractivity contribution >= 4 is 28.7 Å². The summed E-state index contributed by atoms with van der Waals surface area (Å²) in [6.45, 7) is 3.92. The van der Waals surface area contributed by atoms with Gasteiger partial charge >= 0.3 is 0 Å². The Labute approximate surface area is 167 Å². The Morgan fingerprint density at radius 2 is 1.89 bits per heavy atom. The van der Waals surface area contributed by atoms with Gasteiger partial charge in [0.2, 0.25) is 0 Å². The zero-order chi connectivity index (χ0) is 19.3. The predicted molar refractivity (Wildman–Crippen MR) is 109 cm³/mol. The van der Waals surface area contributed by atoms with E-state index in [1.54, 1.807) is 47.9 Å². The molecule has 0 saturated carbocycles. The lowest BCUT2D eigenvalue weighted by Crippen LogP contribution is -2.48. The van der Waals surface area contributed by atoms with Crippen LogP contribution in [0.3, 0.4) is 0 Å². The Bertz CT molecular complexity index is 939. The molecule has 7 heteroatoms. The van der Waals surface area contributed by atoms with Gasteiger partial charge in [0.15, 0.2) is 0 Å². The van der Waals surface area contributed by atoms with E-state index in [9.17, 15) is 9.18 Å². The topological polar surface area (TPSA) is 48.5 Å². The molecule has 1 aliphatic heterocycles. The molecule has 3 aromatic rings. The van der Waals surface area contributed by atoms with Gasteiger partial charge in [-0.1, -0.05) is 18.2 Å². The first-order chi connectivity index (χ1) is 13.7. The molecule has 1 fully saturated rings. The number of amides is 1. The predicted octanol–water partition coefficient (Wildman–Crippen LogP) is 3.98. The highest BCUT2D eigenvalue weighted by Crippen LogP contribution is 2.23. The van der Waals surface area contributed by atoms with Crippen LogP contribution in [-0.2, 0) is 6.54 Å². The van der Waals surface area contributed by atoms with Crippen LogP contribution in [0.1, 0.15) is 15.2 Å². The van der Waals surface area contributed by atoms with Crippen LogP contribution in [0.5, 0.6) is 0 Å². The summed E-state index contributed by atoms with van der Waals surface area (Å²) in [6, 6.07) is 14.0. The fourth-order valence-corrected chi connectivity index (χ4v) is 4.02. The second-order valence-electron chi connectivity index (χ2n) is 6.65. The second kappa shape index (κ2) is 8.50. The third-order valence-corrected chi connectivity index (χ3v) is 5.65. The van der Waals surface area contributed by atoms with Gasteiger partial charge in [-0.15, -0.1) is 11.3 Å². The zero-order valence-electron chi connectivity index (χ0n) is 15.3. The molecule has 5 nitrogen and oxygen atoms in total. The number of halogens is 1. The van der Waals surface area contributed by atoms with Crippen LogP contribution in [0.4, 0.5) is 15.9 Å². The van der Waals surface area contributed by atoms with Crippen molar-refractivity contribution in [3.8, 4) is 0 Å². The number of carbonyl (C=O) groups excluding carboxylic acids is 1. The Morgan fingerprint density at radius 3 is 2.64 bits per heavy atom. The molecule has 3 heterocycles. The van der Waals surface area contributed by atoms with E-state index >= 15 is 0 Å². The first kappa shape index (κ1) is 18.6. The summed E-state index contributed by atoms with van der Waals surface area (Å²) in [7, 11) is 0. The fraction of sp³-hybridized carbons (Fsp3) is 0.238. The van der Waals surface area contributed by atoms with Crippen LogP contribution in [0.2, 0.25) is 0 Å². The summed E-state index contributed by atoms with van der Waals surface area (Å²) in [5.41, 5.74) is 0.758. The minimum absolute atomic E-state index is 0.0808. The summed E-state index contributed by atoms with van der Waals surface area (Å²) >= 11 is 1.76. The van der Waals surface area contributed by atoms with Gasteiger partial charge < -0.3 is 10.2 Å². The minimum atomic E-state index is -0.381. The second-order valence-corrected chi connectivity index (χ2v) is 7.68. The van der Waals surface area contributed by atoms with Gasteiger partial charge in [0, 0.05) is 43.8 Å². The van der Waals surface area contributed by atoms with Crippen LogP contribution in [-0.4, -0.2) is 46.9 Å². The molecule has 2 aromatic heterocycles. The lowest BCUT2D eigenvalue weighted by Gasteiger charge is -2.34. The van der Waals surface area contributed by atoms with Crippen LogP contribution in [0, 0.1) is 5.82 Å². The van der Waals surface area contributed by atoms with Gasteiger partial charge in [0.25, 0.3) is 5.91 Å². The quantitative estimate of drug-likeness (QED) is 0.709. The molecule has 0 unspecified atom stereocenters. The fourth-order valence-electron chi connectivity index (χ4n) is 3.27. The van der Waals surface area contributed by atoms with Crippen molar-refractivity contribution < 1.29 is 9.18 Å². The molecule has 0 bridgehead atoms. The molecule has 4 rings (SSSR count). The molecule has 1 saturated heterocycles. The summed E-state index contributed by atoms with van der Waals surface area (Å²) < 4.78 is 14.0. The number of nitrogens with one attached hydrogen (secondary N) is 1. The first-order valence-corrected chi connectivity index (χ1v) is 10.1. The number of benzene rings is 1. The Balaban J connectivity index is 1.43. The highest BCUT2D eigenvalue weighted by molar-refractivity contribution is 7.09. The van der Waals surface area contributed by atoms with Gasteiger partial charge in [-0.05, 0) is 35.7 Å². The summed E-state index contributed by atoms with van der Waals surface area (Å²) in [6.07, 6.45) is 1.60. The van der Waals surface area contributed by atoms with Crippen LogP contribution in [0.25, 0.3) is 0 Å². The van der Waals surface area contributed by atoms with Gasteiger partial charge in [-0.25, -0.2) is 9.37 Å². The molecule has 144 valence electrons. The SMILES string of the molecule is O=C(c1cccnc1Nc1ccccc1F)N1CCN(Cc2cccs2)CC1. The van der Waals surface area contributed by atoms with E-state index < -0.39 is 0 Å². The number of pyridine rings is 1. The van der Waals surface area contributed by atoms with Gasteiger partial charge in [0.1, 0.15) is 11.6 Å². The number of para-hydroxylation sites is 1. The summed E-state index contributed by atoms with van der Waals surface area (Å²) in [4.78, 5) is 22.9. The maximum atomic E-state index is 14.0. The van der Waals surface area contributed by atoms with Crippen molar-refractivity contribution in [3.05, 3.63) is 76.4 Å². The zero-order valence-corrected chi connectivity index (χ0v) is 16.2. The van der Waals surface area contributed by atoms with Gasteiger partial charge in [0.05, 0.1) is 11.3 Å². The molecule has 1 aliphatic rings. The largest absolute Gasteiger partial charge is 0.337 e. The smallest absolute Gasteiger partial charge is 0.257 e. The molecule has 0 spiro atoms. The number of piperazine rings is 1. The molecule has 1 N–H and O–H groups in total. The lowest BCUT2D eigenvalue weighted by molar-refractivity contribution is 0.0630. The average molecular weight is 396 g/mol. The molecule has 0 aliphatic carbocycles. The first-order valence-electron chi connectivity index (χ1n) is 9.21. The van der Waals surface area contributed by atoms with E-state index in [0.29, 0.717) is 30.2 Å². The monoisotopic (exact) mass is 396 g/mol. The van der Waals surface area contributed by atoms with E-state index in [1.165, 1.54) is 10.9 Å². The van der Waals surface area contributed by atoms with E-state index in [-0.39, 0.29) is 11.7 Å². The van der Waals surface area contributed by atoms with Crippen molar-refractivity contribution in [3.63, 3.8) is 0 Å². The third-order valence-electron chi connectivity index (χ3n) is 4.78. The van der Waals surface area contributed by atoms with Crippen LogP contribution in [0.15, 0.2) is 60.1 Å². The van der Waals surface area contributed by atoms with Gasteiger partial charge in [-0.2, -0.15) is 0 Å². The van der Waals surface area contributed by atoms with E-state index in [4.69, 9.17) is 0 Å². The van der Waals surface area contributed by atoms with Crippen molar-refractivity contribution in [2.75, 3.05) is 31.5 Å². The maximum absolute atomic E-state index is 14.0. The van der Waals surface area contributed by atoms with Crippen molar-refractivity contribution in [2.45, 2.75) is 6.54 Å². The number of carbonyl (C=O) groups is 1. The highest BCUT2D eigenvalue weighted by Gasteiger charge is 2.24. The molecular formula is C21H21FN4OS. The maximum Gasteiger partial charge on any atom is 0.257 e. The number of hydrogen-bond acceptors (Lipinski definition) is 5. The molecule has 1 aromatic carbocycles. The van der Waals surface area contributed by atoms with Crippen LogP contribution >= 0.6 is 11.3 Å². The van der Waals surface area contributed by atoms with E-state index in [2.05, 4.69) is 32.7 Å². The van der Waals surface area contributed by atoms with E-state index in [1.807, 2.05) is 4.90 Å². The van der Waals surface area contributed by atoms with Crippen molar-refractivity contribution in [1.82, 2.24) is 14.8 Å². The summed E-state index contributed by atoms with van der Waals surface area (Å²) in [5.74, 6) is -0.0879. The standard InChI is InChI=1S/C21H21FN4OS/c22-18-7-1-2-8-19(18)24-20-17(6-3-9-23-20)21(27)26-12-10-25(11-13-26)15-16-5-4-14-28-16/h1-9,14H,10-13,15H2,(H,23,24). The van der Waals surface area contributed by atoms with Crippen molar-refractivity contribution in [2.24, 2.45) is 0 Å². The molecule has 28 heavy (non-hydrogen) atoms. The number of anilines is 2. The number of rotatable bonds is 5. The number of aromatic nitrogens is 1. The van der Waals surface area contributed by atoms with E-state index in [0.717, 1.165) is 19.6 Å². The highest BCUT2D eigenvalue weighted by atomic mass is 32.1. The van der Waals surface area contributed by atoms with Crippen LogP contribution < -0.4 is 5.32 Å². The average Bonchev–Trinajstić information content (AvgIpc) is 3.23. The van der Waals surface area contributed by atoms with Crippen molar-refractivity contribution in [1.29, 1.82) is 0 Å².